The molecule has 1 aliphatic heterocycles. The zero-order valence-corrected chi connectivity index (χ0v) is 18.7. The second-order valence-electron chi connectivity index (χ2n) is 8.68. The molecule has 2 heterocycles. The van der Waals surface area contributed by atoms with Crippen molar-refractivity contribution in [2.24, 2.45) is 0 Å². The van der Waals surface area contributed by atoms with Crippen molar-refractivity contribution in [3.8, 4) is 0 Å². The SMILES string of the molecule is COC(=O)n1ncc2c(NC(=O)NC3CCc4c3cccc4N3CCCC(F)(F)C3)cccc21. The molecule has 2 aromatic carbocycles. The van der Waals surface area contributed by atoms with Crippen LogP contribution in [0.25, 0.3) is 10.9 Å². The number of carbonyl (C=O) groups is 2. The number of amides is 2. The van der Waals surface area contributed by atoms with Gasteiger partial charge in [0.2, 0.25) is 0 Å². The molecule has 1 aromatic heterocycles. The van der Waals surface area contributed by atoms with E-state index in [1.165, 1.54) is 13.3 Å². The van der Waals surface area contributed by atoms with Gasteiger partial charge in [-0.15, -0.1) is 0 Å². The first-order valence-corrected chi connectivity index (χ1v) is 11.2. The molecule has 5 rings (SSSR count). The van der Waals surface area contributed by atoms with E-state index in [9.17, 15) is 18.4 Å². The summed E-state index contributed by atoms with van der Waals surface area (Å²) < 4.78 is 33.8. The average molecular weight is 469 g/mol. The number of methoxy groups -OCH3 is 1. The van der Waals surface area contributed by atoms with Crippen LogP contribution >= 0.6 is 0 Å². The van der Waals surface area contributed by atoms with E-state index in [1.54, 1.807) is 23.1 Å². The molecule has 2 N–H and O–H groups in total. The quantitative estimate of drug-likeness (QED) is 0.581. The van der Waals surface area contributed by atoms with Crippen LogP contribution in [-0.4, -0.2) is 48.0 Å². The molecule has 2 aliphatic rings. The smallest absolute Gasteiger partial charge is 0.434 e. The lowest BCUT2D eigenvalue weighted by molar-refractivity contribution is -0.0117. The molecule has 178 valence electrons. The van der Waals surface area contributed by atoms with Crippen molar-refractivity contribution < 1.29 is 23.1 Å². The molecule has 0 spiro atoms. The van der Waals surface area contributed by atoms with Crippen molar-refractivity contribution in [1.82, 2.24) is 15.1 Å². The fourth-order valence-corrected chi connectivity index (χ4v) is 4.96. The van der Waals surface area contributed by atoms with Gasteiger partial charge >= 0.3 is 12.1 Å². The molecule has 8 nitrogen and oxygen atoms in total. The largest absolute Gasteiger partial charge is 0.451 e. The van der Waals surface area contributed by atoms with Crippen LogP contribution in [0.4, 0.5) is 29.7 Å². The minimum atomic E-state index is -2.68. The van der Waals surface area contributed by atoms with Crippen molar-refractivity contribution in [3.63, 3.8) is 0 Å². The van der Waals surface area contributed by atoms with E-state index in [0.717, 1.165) is 21.5 Å². The Hall–Kier alpha value is -3.69. The van der Waals surface area contributed by atoms with Gasteiger partial charge in [0.1, 0.15) is 0 Å². The number of piperidine rings is 1. The van der Waals surface area contributed by atoms with E-state index in [-0.39, 0.29) is 19.0 Å². The van der Waals surface area contributed by atoms with Gasteiger partial charge in [-0.1, -0.05) is 18.2 Å². The number of aromatic nitrogens is 2. The van der Waals surface area contributed by atoms with Crippen LogP contribution < -0.4 is 15.5 Å². The Morgan fingerprint density at radius 3 is 2.82 bits per heavy atom. The Morgan fingerprint density at radius 1 is 1.21 bits per heavy atom. The minimum Gasteiger partial charge on any atom is -0.451 e. The maximum absolute atomic E-state index is 14.0. The summed E-state index contributed by atoms with van der Waals surface area (Å²) in [6.45, 7) is 0.333. The zero-order chi connectivity index (χ0) is 23.9. The summed E-state index contributed by atoms with van der Waals surface area (Å²) >= 11 is 0. The van der Waals surface area contributed by atoms with Crippen LogP contribution in [0.3, 0.4) is 0 Å². The van der Waals surface area contributed by atoms with E-state index >= 15 is 0 Å². The van der Waals surface area contributed by atoms with Crippen molar-refractivity contribution in [2.45, 2.75) is 37.6 Å². The maximum Gasteiger partial charge on any atom is 0.434 e. The Balaban J connectivity index is 1.32. The molecule has 1 atom stereocenters. The summed E-state index contributed by atoms with van der Waals surface area (Å²) in [5, 5.41) is 10.5. The van der Waals surface area contributed by atoms with Gasteiger partial charge in [0, 0.05) is 24.0 Å². The maximum atomic E-state index is 14.0. The number of rotatable bonds is 3. The van der Waals surface area contributed by atoms with Gasteiger partial charge in [-0.3, -0.25) is 0 Å². The molecule has 3 aromatic rings. The number of halogens is 2. The van der Waals surface area contributed by atoms with Crippen LogP contribution in [0.15, 0.2) is 42.6 Å². The van der Waals surface area contributed by atoms with Crippen molar-refractivity contribution >= 4 is 34.4 Å². The molecule has 10 heteroatoms. The third-order valence-corrected chi connectivity index (χ3v) is 6.49. The van der Waals surface area contributed by atoms with Gasteiger partial charge in [-0.05, 0) is 48.6 Å². The fourth-order valence-electron chi connectivity index (χ4n) is 4.96. The van der Waals surface area contributed by atoms with E-state index in [2.05, 4.69) is 15.7 Å². The summed E-state index contributed by atoms with van der Waals surface area (Å²) in [7, 11) is 1.27. The van der Waals surface area contributed by atoms with Crippen LogP contribution in [0, 0.1) is 0 Å². The highest BCUT2D eigenvalue weighted by Crippen LogP contribution is 2.39. The molecular formula is C24H25F2N5O3. The second-order valence-corrected chi connectivity index (χ2v) is 8.68. The van der Waals surface area contributed by atoms with E-state index in [4.69, 9.17) is 4.74 Å². The number of hydrogen-bond acceptors (Lipinski definition) is 5. The predicted octanol–water partition coefficient (Wildman–Crippen LogP) is 4.70. The number of anilines is 2. The number of nitrogens with zero attached hydrogens (tertiary/aromatic N) is 3. The van der Waals surface area contributed by atoms with E-state index in [1.807, 2.05) is 18.2 Å². The predicted molar refractivity (Wildman–Crippen MR) is 124 cm³/mol. The van der Waals surface area contributed by atoms with E-state index in [0.29, 0.717) is 42.4 Å². The van der Waals surface area contributed by atoms with Gasteiger partial charge in [0.15, 0.2) is 0 Å². The normalized spacial score (nSPS) is 19.0. The Kier molecular flexibility index (Phi) is 5.59. The summed E-state index contributed by atoms with van der Waals surface area (Å²) in [5.41, 5.74) is 3.83. The zero-order valence-electron chi connectivity index (χ0n) is 18.7. The van der Waals surface area contributed by atoms with Crippen LogP contribution in [0.2, 0.25) is 0 Å². The highest BCUT2D eigenvalue weighted by atomic mass is 19.3. The summed E-state index contributed by atoms with van der Waals surface area (Å²) in [4.78, 5) is 26.5. The number of urea groups is 1. The number of ether oxygens (including phenoxy) is 1. The first-order chi connectivity index (χ1) is 16.4. The third kappa shape index (κ3) is 4.04. The molecule has 1 saturated heterocycles. The molecule has 1 aliphatic carbocycles. The Morgan fingerprint density at radius 2 is 2.03 bits per heavy atom. The lowest BCUT2D eigenvalue weighted by atomic mass is 10.0. The lowest BCUT2D eigenvalue weighted by Crippen LogP contribution is -2.43. The lowest BCUT2D eigenvalue weighted by Gasteiger charge is -2.35. The topological polar surface area (TPSA) is 88.5 Å². The molecule has 1 unspecified atom stereocenters. The Bertz CT molecular complexity index is 1260. The van der Waals surface area contributed by atoms with Gasteiger partial charge in [0.25, 0.3) is 5.92 Å². The van der Waals surface area contributed by atoms with Crippen LogP contribution in [0.1, 0.15) is 36.4 Å². The monoisotopic (exact) mass is 469 g/mol. The van der Waals surface area contributed by atoms with Gasteiger partial charge in [-0.2, -0.15) is 9.78 Å². The second kappa shape index (κ2) is 8.58. The van der Waals surface area contributed by atoms with Crippen molar-refractivity contribution in [1.29, 1.82) is 0 Å². The number of fused-ring (bicyclic) bond motifs is 2. The molecule has 0 bridgehead atoms. The van der Waals surface area contributed by atoms with Gasteiger partial charge in [-0.25, -0.2) is 18.4 Å². The third-order valence-electron chi connectivity index (χ3n) is 6.49. The Labute approximate surface area is 194 Å². The average Bonchev–Trinajstić information content (AvgIpc) is 3.43. The van der Waals surface area contributed by atoms with E-state index < -0.39 is 18.0 Å². The molecular weight excluding hydrogens is 444 g/mol. The highest BCUT2D eigenvalue weighted by Gasteiger charge is 2.37. The minimum absolute atomic E-state index is 0.0752. The molecule has 0 saturated carbocycles. The number of nitrogens with one attached hydrogen (secondary N) is 2. The van der Waals surface area contributed by atoms with Crippen molar-refractivity contribution in [2.75, 3.05) is 30.4 Å². The molecule has 0 radical (unpaired) electrons. The molecule has 1 fully saturated rings. The first kappa shape index (κ1) is 22.1. The number of carbonyl (C=O) groups excluding carboxylic acids is 2. The summed E-state index contributed by atoms with van der Waals surface area (Å²) in [6.07, 6.45) is 2.65. The first-order valence-electron chi connectivity index (χ1n) is 11.2. The standard InChI is InChI=1S/C24H25F2N5O3/c1-34-23(33)31-21-8-3-6-18(17(21)13-27-31)28-22(32)29-19-10-9-16-15(19)5-2-7-20(16)30-12-4-11-24(25,26)14-30/h2-3,5-8,13,19H,4,9-12,14H2,1H3,(H2,28,29,32). The summed E-state index contributed by atoms with van der Waals surface area (Å²) in [5.74, 6) is -2.68. The highest BCUT2D eigenvalue weighted by molar-refractivity contribution is 6.02. The van der Waals surface area contributed by atoms with Gasteiger partial charge in [0.05, 0.1) is 37.1 Å². The molecule has 34 heavy (non-hydrogen) atoms. The number of benzene rings is 2. The molecule has 2 amide bonds. The van der Waals surface area contributed by atoms with Crippen molar-refractivity contribution in [3.05, 3.63) is 53.7 Å². The van der Waals surface area contributed by atoms with Gasteiger partial charge < -0.3 is 20.3 Å². The van der Waals surface area contributed by atoms with Crippen LogP contribution in [0.5, 0.6) is 0 Å². The summed E-state index contributed by atoms with van der Waals surface area (Å²) in [6, 6.07) is 10.2. The van der Waals surface area contributed by atoms with Crippen LogP contribution in [-0.2, 0) is 11.2 Å². The number of alkyl halides is 2. The fraction of sp³-hybridized carbons (Fsp3) is 0.375. The number of hydrogen-bond donors (Lipinski definition) is 2.